The number of thioether (sulfide) groups is 2. The highest BCUT2D eigenvalue weighted by atomic mass is 32.2. The summed E-state index contributed by atoms with van der Waals surface area (Å²) in [6.45, 7) is 3.93. The van der Waals surface area contributed by atoms with Crippen LogP contribution in [0.2, 0.25) is 0 Å². The minimum Gasteiger partial charge on any atom is -0.462 e. The van der Waals surface area contributed by atoms with Crippen LogP contribution in [0.4, 0.5) is 0 Å². The molecule has 2 rings (SSSR count). The van der Waals surface area contributed by atoms with E-state index in [1.54, 1.807) is 86.7 Å². The number of aliphatic hydroxyl groups excluding tert-OH is 2. The molecule has 2 aromatic rings. The predicted octanol–water partition coefficient (Wildman–Crippen LogP) is 5.14. The second kappa shape index (κ2) is 22.9. The SMILES string of the molecule is CC=CC(=O)SCCOC(=O)C=Cc1ccc(CO)cc1.CC=CC(=O)SCCOC(=O)C=Cc1ccc(CO)cc1. The number of carbonyl (C=O) groups is 4. The van der Waals surface area contributed by atoms with Crippen molar-refractivity contribution in [3.05, 3.63) is 107 Å². The number of esters is 2. The lowest BCUT2D eigenvalue weighted by molar-refractivity contribution is -0.137. The molecule has 0 aliphatic rings. The molecule has 0 saturated heterocycles. The summed E-state index contributed by atoms with van der Waals surface area (Å²) >= 11 is 2.22. The molecule has 42 heavy (non-hydrogen) atoms. The summed E-state index contributed by atoms with van der Waals surface area (Å²) in [5.74, 6) is -0.0114. The summed E-state index contributed by atoms with van der Waals surface area (Å²) < 4.78 is 9.95. The average Bonchev–Trinajstić information content (AvgIpc) is 3.00. The molecule has 0 fully saturated rings. The molecule has 0 radical (unpaired) electrons. The first-order chi connectivity index (χ1) is 20.3. The lowest BCUT2D eigenvalue weighted by Crippen LogP contribution is -2.05. The maximum atomic E-state index is 11.5. The molecule has 0 bridgehead atoms. The van der Waals surface area contributed by atoms with Crippen LogP contribution in [0.1, 0.15) is 36.1 Å². The van der Waals surface area contributed by atoms with E-state index in [1.165, 1.54) is 24.3 Å². The fourth-order valence-corrected chi connectivity index (χ4v) is 4.03. The van der Waals surface area contributed by atoms with Gasteiger partial charge in [0.15, 0.2) is 0 Å². The maximum absolute atomic E-state index is 11.5. The number of carbonyl (C=O) groups excluding carboxylic acids is 4. The Hall–Kier alpha value is -3.70. The second-order valence-corrected chi connectivity index (χ2v) is 10.3. The van der Waals surface area contributed by atoms with E-state index in [1.807, 2.05) is 0 Å². The highest BCUT2D eigenvalue weighted by Gasteiger charge is 2.02. The number of hydrogen-bond acceptors (Lipinski definition) is 10. The van der Waals surface area contributed by atoms with Crippen LogP contribution >= 0.6 is 23.5 Å². The van der Waals surface area contributed by atoms with E-state index < -0.39 is 11.9 Å². The maximum Gasteiger partial charge on any atom is 0.330 e. The average molecular weight is 613 g/mol. The van der Waals surface area contributed by atoms with Crippen LogP contribution in [0.15, 0.2) is 85.0 Å². The first-order valence-electron chi connectivity index (χ1n) is 13.0. The van der Waals surface area contributed by atoms with Gasteiger partial charge in [0, 0.05) is 23.7 Å². The molecule has 0 aromatic heterocycles. The molecule has 0 amide bonds. The lowest BCUT2D eigenvalue weighted by atomic mass is 10.1. The molecular formula is C32H36O8S2. The number of benzene rings is 2. The largest absolute Gasteiger partial charge is 0.462 e. The predicted molar refractivity (Wildman–Crippen MR) is 169 cm³/mol. The number of rotatable bonds is 14. The highest BCUT2D eigenvalue weighted by molar-refractivity contribution is 8.14. The zero-order valence-corrected chi connectivity index (χ0v) is 25.3. The molecule has 0 aliphatic heterocycles. The minimum atomic E-state index is -0.444. The Kier molecular flexibility index (Phi) is 19.8. The van der Waals surface area contributed by atoms with Crippen molar-refractivity contribution < 1.29 is 38.9 Å². The minimum absolute atomic E-state index is 0.00432. The molecular weight excluding hydrogens is 576 g/mol. The summed E-state index contributed by atoms with van der Waals surface area (Å²) in [5, 5.41) is 17.7. The molecule has 2 aromatic carbocycles. The Morgan fingerprint density at radius 3 is 1.29 bits per heavy atom. The van der Waals surface area contributed by atoms with Gasteiger partial charge in [-0.05, 0) is 60.4 Å². The first kappa shape index (κ1) is 36.3. The summed E-state index contributed by atoms with van der Waals surface area (Å²) in [5.41, 5.74) is 3.33. The first-order valence-corrected chi connectivity index (χ1v) is 15.0. The van der Waals surface area contributed by atoms with Crippen molar-refractivity contribution in [3.8, 4) is 0 Å². The van der Waals surface area contributed by atoms with Gasteiger partial charge in [0.25, 0.3) is 0 Å². The summed E-state index contributed by atoms with van der Waals surface area (Å²) in [4.78, 5) is 45.2. The number of ether oxygens (including phenoxy) is 2. The normalized spacial score (nSPS) is 11.1. The molecule has 0 saturated carbocycles. The van der Waals surface area contributed by atoms with Gasteiger partial charge in [0.05, 0.1) is 13.2 Å². The lowest BCUT2D eigenvalue weighted by Gasteiger charge is -2.00. The van der Waals surface area contributed by atoms with Gasteiger partial charge in [-0.2, -0.15) is 0 Å². The van der Waals surface area contributed by atoms with Crippen molar-refractivity contribution >= 4 is 57.8 Å². The van der Waals surface area contributed by atoms with Crippen LogP contribution in [0.25, 0.3) is 12.2 Å². The van der Waals surface area contributed by atoms with E-state index >= 15 is 0 Å². The molecule has 10 heteroatoms. The van der Waals surface area contributed by atoms with E-state index in [-0.39, 0.29) is 36.7 Å². The van der Waals surface area contributed by atoms with Gasteiger partial charge in [0.2, 0.25) is 10.2 Å². The van der Waals surface area contributed by atoms with Gasteiger partial charge >= 0.3 is 11.9 Å². The molecule has 0 atom stereocenters. The Morgan fingerprint density at radius 1 is 0.619 bits per heavy atom. The number of allylic oxidation sites excluding steroid dienone is 2. The third-order valence-corrected chi connectivity index (χ3v) is 6.48. The second-order valence-electron chi connectivity index (χ2n) is 8.14. The standard InChI is InChI=1S/2C16H18O4S/c2*1-2-3-16(19)21-11-10-20-15(18)9-8-13-4-6-14(12-17)7-5-13/h2*2-9,17H,10-12H2,1H3. The van der Waals surface area contributed by atoms with Crippen LogP contribution in [0, 0.1) is 0 Å². The van der Waals surface area contributed by atoms with E-state index in [0.717, 1.165) is 45.8 Å². The Balaban J connectivity index is 0.000000420. The van der Waals surface area contributed by atoms with Crippen molar-refractivity contribution in [1.29, 1.82) is 0 Å². The third-order valence-electron chi connectivity index (χ3n) is 4.90. The van der Waals surface area contributed by atoms with Crippen LogP contribution in [-0.4, -0.2) is 57.1 Å². The van der Waals surface area contributed by atoms with E-state index in [4.69, 9.17) is 19.7 Å². The van der Waals surface area contributed by atoms with E-state index in [0.29, 0.717) is 11.5 Å². The molecule has 0 unspecified atom stereocenters. The van der Waals surface area contributed by atoms with Gasteiger partial charge in [-0.25, -0.2) is 9.59 Å². The van der Waals surface area contributed by atoms with Crippen molar-refractivity contribution in [3.63, 3.8) is 0 Å². The molecule has 224 valence electrons. The monoisotopic (exact) mass is 612 g/mol. The topological polar surface area (TPSA) is 127 Å². The van der Waals surface area contributed by atoms with Crippen LogP contribution in [0.5, 0.6) is 0 Å². The fourth-order valence-electron chi connectivity index (χ4n) is 2.83. The molecule has 0 aliphatic carbocycles. The van der Waals surface area contributed by atoms with E-state index in [2.05, 4.69) is 0 Å². The Morgan fingerprint density at radius 2 is 0.976 bits per heavy atom. The molecule has 2 N–H and O–H groups in total. The third kappa shape index (κ3) is 17.9. The van der Waals surface area contributed by atoms with Gasteiger partial charge in [-0.15, -0.1) is 0 Å². The van der Waals surface area contributed by atoms with Crippen molar-refractivity contribution in [2.75, 3.05) is 24.7 Å². The molecule has 0 spiro atoms. The van der Waals surface area contributed by atoms with E-state index in [9.17, 15) is 19.2 Å². The fraction of sp³-hybridized carbons (Fsp3) is 0.250. The quantitative estimate of drug-likeness (QED) is 0.168. The zero-order chi connectivity index (χ0) is 31.0. The Bertz CT molecular complexity index is 1130. The highest BCUT2D eigenvalue weighted by Crippen LogP contribution is 2.08. The molecule has 8 nitrogen and oxygen atoms in total. The zero-order valence-electron chi connectivity index (χ0n) is 23.6. The summed E-state index contributed by atoms with van der Waals surface area (Å²) in [7, 11) is 0. The van der Waals surface area contributed by atoms with Gasteiger partial charge in [-0.3, -0.25) is 9.59 Å². The van der Waals surface area contributed by atoms with Gasteiger partial charge in [-0.1, -0.05) is 84.2 Å². The number of hydrogen-bond donors (Lipinski definition) is 2. The van der Waals surface area contributed by atoms with Gasteiger partial charge < -0.3 is 19.7 Å². The number of aliphatic hydroxyl groups is 2. The van der Waals surface area contributed by atoms with Crippen molar-refractivity contribution in [2.24, 2.45) is 0 Å². The molecule has 0 heterocycles. The summed E-state index contributed by atoms with van der Waals surface area (Å²) in [6.07, 6.45) is 12.3. The van der Waals surface area contributed by atoms with Crippen LogP contribution in [-0.2, 0) is 41.9 Å². The van der Waals surface area contributed by atoms with Gasteiger partial charge in [0.1, 0.15) is 13.2 Å². The van der Waals surface area contributed by atoms with Crippen LogP contribution < -0.4 is 0 Å². The van der Waals surface area contributed by atoms with Crippen LogP contribution in [0.3, 0.4) is 0 Å². The summed E-state index contributed by atoms with van der Waals surface area (Å²) in [6, 6.07) is 14.4. The smallest absolute Gasteiger partial charge is 0.330 e. The Labute approximate surface area is 255 Å². The van der Waals surface area contributed by atoms with Crippen molar-refractivity contribution in [2.45, 2.75) is 27.1 Å². The van der Waals surface area contributed by atoms with Crippen molar-refractivity contribution in [1.82, 2.24) is 0 Å².